The minimum atomic E-state index is -2.36. The van der Waals surface area contributed by atoms with E-state index in [1.807, 2.05) is 18.2 Å². The first-order valence-electron chi connectivity index (χ1n) is 4.03. The first-order chi connectivity index (χ1) is 7.18. The smallest absolute Gasteiger partial charge is 0.345 e. The lowest BCUT2D eigenvalue weighted by molar-refractivity contribution is -0.144. The average Bonchev–Trinajstić information content (AvgIpc) is 2.25. The standard InChI is InChI=1S/C8H10N2O4S/c11-8(14-10-15(12)13)6-9-7-4-2-1-3-5-7/h1-5,9-10H,6H2,(H,12,13). The van der Waals surface area contributed by atoms with Crippen molar-refractivity contribution in [2.75, 3.05) is 11.9 Å². The van der Waals surface area contributed by atoms with E-state index in [4.69, 9.17) is 4.55 Å². The predicted molar refractivity (Wildman–Crippen MR) is 54.9 cm³/mol. The molecule has 0 aliphatic heterocycles. The summed E-state index contributed by atoms with van der Waals surface area (Å²) >= 11 is -2.36. The van der Waals surface area contributed by atoms with Crippen molar-refractivity contribution in [3.63, 3.8) is 0 Å². The summed E-state index contributed by atoms with van der Waals surface area (Å²) in [6.45, 7) is -0.0891. The van der Waals surface area contributed by atoms with Crippen LogP contribution >= 0.6 is 0 Å². The van der Waals surface area contributed by atoms with Gasteiger partial charge < -0.3 is 10.2 Å². The van der Waals surface area contributed by atoms with Crippen LogP contribution in [0.15, 0.2) is 30.3 Å². The second kappa shape index (κ2) is 6.12. The minimum Gasteiger partial charge on any atom is -0.375 e. The molecule has 0 fully saturated rings. The summed E-state index contributed by atoms with van der Waals surface area (Å²) in [4.78, 5) is 16.8. The summed E-state index contributed by atoms with van der Waals surface area (Å²) in [6, 6.07) is 9.04. The number of anilines is 1. The molecule has 15 heavy (non-hydrogen) atoms. The van der Waals surface area contributed by atoms with Crippen LogP contribution in [-0.2, 0) is 20.9 Å². The predicted octanol–water partition coefficient (Wildman–Crippen LogP) is 0.283. The highest BCUT2D eigenvalue weighted by Crippen LogP contribution is 2.03. The van der Waals surface area contributed by atoms with Crippen LogP contribution in [-0.4, -0.2) is 21.3 Å². The Kier molecular flexibility index (Phi) is 4.75. The van der Waals surface area contributed by atoms with Crippen LogP contribution in [0, 0.1) is 0 Å². The van der Waals surface area contributed by atoms with Gasteiger partial charge in [0.05, 0.1) is 0 Å². The van der Waals surface area contributed by atoms with Crippen LogP contribution in [0.4, 0.5) is 5.69 Å². The van der Waals surface area contributed by atoms with Gasteiger partial charge in [-0.05, 0) is 17.0 Å². The van der Waals surface area contributed by atoms with Gasteiger partial charge in [0.2, 0.25) is 0 Å². The van der Waals surface area contributed by atoms with Crippen molar-refractivity contribution in [2.45, 2.75) is 0 Å². The first kappa shape index (κ1) is 11.6. The molecule has 82 valence electrons. The highest BCUT2D eigenvalue weighted by atomic mass is 32.2. The van der Waals surface area contributed by atoms with Gasteiger partial charge >= 0.3 is 5.97 Å². The van der Waals surface area contributed by atoms with Gasteiger partial charge in [0.1, 0.15) is 6.54 Å². The third kappa shape index (κ3) is 5.11. The summed E-state index contributed by atoms with van der Waals surface area (Å²) in [5.74, 6) is -0.679. The number of para-hydroxylation sites is 1. The summed E-state index contributed by atoms with van der Waals surface area (Å²) in [5, 5.41) is 2.77. The molecule has 0 amide bonds. The number of rotatable bonds is 5. The maximum Gasteiger partial charge on any atom is 0.345 e. The van der Waals surface area contributed by atoms with Crippen LogP contribution in [0.2, 0.25) is 0 Å². The number of hydrogen-bond donors (Lipinski definition) is 3. The molecule has 0 aliphatic rings. The lowest BCUT2D eigenvalue weighted by atomic mass is 10.3. The molecule has 1 unspecified atom stereocenters. The van der Waals surface area contributed by atoms with E-state index in [0.29, 0.717) is 0 Å². The van der Waals surface area contributed by atoms with E-state index in [-0.39, 0.29) is 6.54 Å². The molecular weight excluding hydrogens is 220 g/mol. The number of carbonyl (C=O) groups excluding carboxylic acids is 1. The van der Waals surface area contributed by atoms with E-state index >= 15 is 0 Å². The van der Waals surface area contributed by atoms with Gasteiger partial charge in [-0.15, -0.1) is 0 Å². The Hall–Kier alpha value is -1.44. The molecule has 0 aromatic heterocycles. The van der Waals surface area contributed by atoms with Crippen molar-refractivity contribution in [2.24, 2.45) is 0 Å². The third-order valence-electron chi connectivity index (χ3n) is 1.44. The number of benzene rings is 1. The third-order valence-corrected chi connectivity index (χ3v) is 1.66. The molecule has 3 N–H and O–H groups in total. The molecule has 7 heteroatoms. The minimum absolute atomic E-state index is 0.0891. The van der Waals surface area contributed by atoms with Crippen molar-refractivity contribution in [3.8, 4) is 0 Å². The molecule has 0 heterocycles. The molecule has 6 nitrogen and oxygen atoms in total. The maximum absolute atomic E-state index is 10.9. The Morgan fingerprint density at radius 3 is 2.67 bits per heavy atom. The van der Waals surface area contributed by atoms with Crippen LogP contribution in [0.1, 0.15) is 0 Å². The zero-order valence-electron chi connectivity index (χ0n) is 7.67. The topological polar surface area (TPSA) is 87.7 Å². The fraction of sp³-hybridized carbons (Fsp3) is 0.125. The summed E-state index contributed by atoms with van der Waals surface area (Å²) in [5.41, 5.74) is 0.763. The second-order valence-corrected chi connectivity index (χ2v) is 3.19. The van der Waals surface area contributed by atoms with Crippen LogP contribution < -0.4 is 10.2 Å². The van der Waals surface area contributed by atoms with Crippen molar-refractivity contribution >= 4 is 22.9 Å². The Labute approximate surface area is 89.0 Å². The monoisotopic (exact) mass is 230 g/mol. The largest absolute Gasteiger partial charge is 0.375 e. The summed E-state index contributed by atoms with van der Waals surface area (Å²) < 4.78 is 18.3. The quantitative estimate of drug-likeness (QED) is 0.499. The number of nitrogens with one attached hydrogen (secondary N) is 2. The number of carbonyl (C=O) groups is 1. The van der Waals surface area contributed by atoms with Crippen LogP contribution in [0.5, 0.6) is 0 Å². The van der Waals surface area contributed by atoms with E-state index < -0.39 is 17.2 Å². The maximum atomic E-state index is 10.9. The molecule has 0 aliphatic carbocycles. The molecular formula is C8H10N2O4S. The van der Waals surface area contributed by atoms with E-state index in [9.17, 15) is 9.00 Å². The molecule has 1 aromatic carbocycles. The molecule has 0 saturated carbocycles. The van der Waals surface area contributed by atoms with E-state index in [1.54, 1.807) is 17.0 Å². The molecule has 1 atom stereocenters. The number of hydrogen-bond acceptors (Lipinski definition) is 4. The van der Waals surface area contributed by atoms with Gasteiger partial charge in [0.25, 0.3) is 11.3 Å². The SMILES string of the molecule is O=C(CNc1ccccc1)ONS(=O)O. The van der Waals surface area contributed by atoms with Gasteiger partial charge in [0, 0.05) is 5.69 Å². The van der Waals surface area contributed by atoms with E-state index in [1.165, 1.54) is 0 Å². The van der Waals surface area contributed by atoms with E-state index in [2.05, 4.69) is 10.2 Å². The lowest BCUT2D eigenvalue weighted by Gasteiger charge is -2.04. The van der Waals surface area contributed by atoms with Gasteiger partial charge in [-0.3, -0.25) is 4.55 Å². The molecule has 0 spiro atoms. The lowest BCUT2D eigenvalue weighted by Crippen LogP contribution is -2.26. The summed E-state index contributed by atoms with van der Waals surface area (Å²) in [7, 11) is 0. The van der Waals surface area contributed by atoms with Crippen molar-refractivity contribution < 1.29 is 18.4 Å². The fourth-order valence-electron chi connectivity index (χ4n) is 0.848. The molecule has 0 saturated heterocycles. The first-order valence-corrected chi connectivity index (χ1v) is 5.14. The van der Waals surface area contributed by atoms with Crippen LogP contribution in [0.25, 0.3) is 0 Å². The normalized spacial score (nSPS) is 11.8. The molecule has 0 bridgehead atoms. The fourth-order valence-corrected chi connectivity index (χ4v) is 1.01. The van der Waals surface area contributed by atoms with Gasteiger partial charge in [-0.25, -0.2) is 9.00 Å². The molecule has 0 radical (unpaired) electrons. The van der Waals surface area contributed by atoms with Gasteiger partial charge in [-0.1, -0.05) is 18.2 Å². The Morgan fingerprint density at radius 1 is 1.40 bits per heavy atom. The summed E-state index contributed by atoms with van der Waals surface area (Å²) in [6.07, 6.45) is 0. The molecule has 1 aromatic rings. The second-order valence-electron chi connectivity index (χ2n) is 2.53. The Bertz CT molecular complexity index is 344. The Morgan fingerprint density at radius 2 is 2.07 bits per heavy atom. The van der Waals surface area contributed by atoms with Gasteiger partial charge in [-0.2, -0.15) is 0 Å². The van der Waals surface area contributed by atoms with Crippen molar-refractivity contribution in [3.05, 3.63) is 30.3 Å². The highest BCUT2D eigenvalue weighted by molar-refractivity contribution is 7.76. The molecule has 1 rings (SSSR count). The van der Waals surface area contributed by atoms with Crippen molar-refractivity contribution in [1.29, 1.82) is 0 Å². The average molecular weight is 230 g/mol. The van der Waals surface area contributed by atoms with Crippen molar-refractivity contribution in [1.82, 2.24) is 4.89 Å². The van der Waals surface area contributed by atoms with E-state index in [0.717, 1.165) is 5.69 Å². The highest BCUT2D eigenvalue weighted by Gasteiger charge is 2.03. The zero-order chi connectivity index (χ0) is 11.1. The Balaban J connectivity index is 2.26. The zero-order valence-corrected chi connectivity index (χ0v) is 8.49. The van der Waals surface area contributed by atoms with Gasteiger partial charge in [0.15, 0.2) is 0 Å². The van der Waals surface area contributed by atoms with Crippen LogP contribution in [0.3, 0.4) is 0 Å².